The van der Waals surface area contributed by atoms with Crippen LogP contribution in [0.3, 0.4) is 0 Å². The molecule has 3 heterocycles. The number of rotatable bonds is 4. The van der Waals surface area contributed by atoms with Crippen molar-refractivity contribution in [1.29, 1.82) is 5.26 Å². The summed E-state index contributed by atoms with van der Waals surface area (Å²) in [5.74, 6) is 0.690. The van der Waals surface area contributed by atoms with Crippen LogP contribution in [0.1, 0.15) is 12.1 Å². The maximum Gasteiger partial charge on any atom is 0.175 e. The van der Waals surface area contributed by atoms with E-state index in [1.165, 1.54) is 6.33 Å². The van der Waals surface area contributed by atoms with Gasteiger partial charge in [-0.2, -0.15) is 10.4 Å². The zero-order valence-electron chi connectivity index (χ0n) is 13.9. The third kappa shape index (κ3) is 3.03. The van der Waals surface area contributed by atoms with Crippen molar-refractivity contribution in [2.75, 3.05) is 29.9 Å². The number of anilines is 2. The summed E-state index contributed by atoms with van der Waals surface area (Å²) >= 11 is 6.02. The minimum Gasteiger partial charge on any atom is -0.383 e. The first-order valence-electron chi connectivity index (χ1n) is 8.20. The van der Waals surface area contributed by atoms with Crippen LogP contribution in [0, 0.1) is 11.3 Å². The standard InChI is InChI=1S/C17H17ClN8/c18-11-2-1-3-12(6-11)21-8-17(20)4-5-26(9-17)16-14-13(7-19)24-25-15(14)22-10-23-16/h1-3,6,10,21H,4-5,8-9,20H2,(H,22,23,24,25). The summed E-state index contributed by atoms with van der Waals surface area (Å²) < 4.78 is 0. The van der Waals surface area contributed by atoms with Crippen molar-refractivity contribution in [1.82, 2.24) is 20.2 Å². The van der Waals surface area contributed by atoms with Crippen molar-refractivity contribution in [3.63, 3.8) is 0 Å². The molecule has 1 atom stereocenters. The molecule has 9 heteroatoms. The molecule has 26 heavy (non-hydrogen) atoms. The largest absolute Gasteiger partial charge is 0.383 e. The smallest absolute Gasteiger partial charge is 0.175 e. The monoisotopic (exact) mass is 368 g/mol. The molecule has 132 valence electrons. The highest BCUT2D eigenvalue weighted by Crippen LogP contribution is 2.30. The lowest BCUT2D eigenvalue weighted by atomic mass is 10.0. The van der Waals surface area contributed by atoms with Crippen molar-refractivity contribution in [2.45, 2.75) is 12.0 Å². The zero-order chi connectivity index (χ0) is 18.1. The molecule has 0 saturated carbocycles. The molecule has 0 aliphatic carbocycles. The molecule has 0 spiro atoms. The van der Waals surface area contributed by atoms with Gasteiger partial charge in [0.2, 0.25) is 0 Å². The maximum absolute atomic E-state index is 9.28. The highest BCUT2D eigenvalue weighted by atomic mass is 35.5. The number of halogens is 1. The summed E-state index contributed by atoms with van der Waals surface area (Å²) in [5, 5.41) is 20.7. The zero-order valence-corrected chi connectivity index (χ0v) is 14.7. The predicted molar refractivity (Wildman–Crippen MR) is 100 cm³/mol. The van der Waals surface area contributed by atoms with Crippen molar-refractivity contribution in [3.05, 3.63) is 41.3 Å². The van der Waals surface area contributed by atoms with Gasteiger partial charge in [0.15, 0.2) is 11.3 Å². The van der Waals surface area contributed by atoms with Gasteiger partial charge >= 0.3 is 0 Å². The second-order valence-corrected chi connectivity index (χ2v) is 6.94. The molecule has 1 aliphatic heterocycles. The summed E-state index contributed by atoms with van der Waals surface area (Å²) in [7, 11) is 0. The van der Waals surface area contributed by atoms with E-state index in [4.69, 9.17) is 17.3 Å². The van der Waals surface area contributed by atoms with Gasteiger partial charge in [-0.3, -0.25) is 5.10 Å². The van der Waals surface area contributed by atoms with Crippen LogP contribution in [-0.4, -0.2) is 45.3 Å². The van der Waals surface area contributed by atoms with Gasteiger partial charge in [0.05, 0.1) is 10.9 Å². The van der Waals surface area contributed by atoms with Crippen LogP contribution in [0.4, 0.5) is 11.5 Å². The summed E-state index contributed by atoms with van der Waals surface area (Å²) in [6, 6.07) is 9.64. The molecule has 2 aromatic heterocycles. The summed E-state index contributed by atoms with van der Waals surface area (Å²) in [4.78, 5) is 10.6. The van der Waals surface area contributed by atoms with Crippen molar-refractivity contribution in [2.24, 2.45) is 5.73 Å². The normalized spacial score (nSPS) is 19.7. The Morgan fingerprint density at radius 1 is 1.42 bits per heavy atom. The first-order chi connectivity index (χ1) is 12.6. The fraction of sp³-hybridized carbons (Fsp3) is 0.294. The van der Waals surface area contributed by atoms with Gasteiger partial charge in [-0.05, 0) is 24.6 Å². The highest BCUT2D eigenvalue weighted by molar-refractivity contribution is 6.30. The third-order valence-electron chi connectivity index (χ3n) is 4.60. The fourth-order valence-corrected chi connectivity index (χ4v) is 3.45. The highest BCUT2D eigenvalue weighted by Gasteiger charge is 2.36. The lowest BCUT2D eigenvalue weighted by Gasteiger charge is -2.26. The number of nitrogens with two attached hydrogens (primary N) is 1. The van der Waals surface area contributed by atoms with E-state index in [-0.39, 0.29) is 0 Å². The molecular formula is C17H17ClN8. The minimum atomic E-state index is -0.421. The van der Waals surface area contributed by atoms with E-state index in [9.17, 15) is 5.26 Å². The Kier molecular flexibility index (Phi) is 4.11. The number of benzene rings is 1. The van der Waals surface area contributed by atoms with Gasteiger partial charge < -0.3 is 16.0 Å². The van der Waals surface area contributed by atoms with E-state index >= 15 is 0 Å². The van der Waals surface area contributed by atoms with Gasteiger partial charge in [0.25, 0.3) is 0 Å². The van der Waals surface area contributed by atoms with Crippen LogP contribution in [0.25, 0.3) is 11.0 Å². The molecule has 1 unspecified atom stereocenters. The lowest BCUT2D eigenvalue weighted by molar-refractivity contribution is 0.499. The molecule has 0 radical (unpaired) electrons. The molecule has 1 aromatic carbocycles. The Hall–Kier alpha value is -2.89. The van der Waals surface area contributed by atoms with Crippen molar-refractivity contribution < 1.29 is 0 Å². The SMILES string of the molecule is N#Cc1n[nH]c2ncnc(N3CCC(N)(CNc4cccc(Cl)c4)C3)c12. The maximum atomic E-state index is 9.28. The number of nitrogens with one attached hydrogen (secondary N) is 2. The van der Waals surface area contributed by atoms with E-state index in [1.807, 2.05) is 24.3 Å². The first-order valence-corrected chi connectivity index (χ1v) is 8.58. The average molecular weight is 369 g/mol. The quantitative estimate of drug-likeness (QED) is 0.643. The van der Waals surface area contributed by atoms with Gasteiger partial charge in [-0.15, -0.1) is 0 Å². The van der Waals surface area contributed by atoms with Crippen molar-refractivity contribution in [3.8, 4) is 6.07 Å². The number of aromatic amines is 1. The van der Waals surface area contributed by atoms with Crippen LogP contribution in [0.2, 0.25) is 5.02 Å². The molecule has 4 N–H and O–H groups in total. The molecule has 4 rings (SSSR count). The minimum absolute atomic E-state index is 0.294. The molecule has 0 bridgehead atoms. The number of aromatic nitrogens is 4. The number of hydrogen-bond donors (Lipinski definition) is 3. The van der Waals surface area contributed by atoms with E-state index in [0.29, 0.717) is 40.7 Å². The Balaban J connectivity index is 1.53. The van der Waals surface area contributed by atoms with Crippen molar-refractivity contribution >= 4 is 34.1 Å². The number of hydrogen-bond acceptors (Lipinski definition) is 7. The first kappa shape index (κ1) is 16.6. The molecule has 0 amide bonds. The van der Waals surface area contributed by atoms with Gasteiger partial charge in [-0.1, -0.05) is 17.7 Å². The van der Waals surface area contributed by atoms with Crippen LogP contribution >= 0.6 is 11.6 Å². The topological polar surface area (TPSA) is 120 Å². The molecule has 1 fully saturated rings. The van der Waals surface area contributed by atoms with E-state index < -0.39 is 5.54 Å². The number of fused-ring (bicyclic) bond motifs is 1. The molecule has 8 nitrogen and oxygen atoms in total. The summed E-state index contributed by atoms with van der Waals surface area (Å²) in [6.45, 7) is 1.97. The summed E-state index contributed by atoms with van der Waals surface area (Å²) in [6.07, 6.45) is 2.27. The Morgan fingerprint density at radius 2 is 2.31 bits per heavy atom. The fourth-order valence-electron chi connectivity index (χ4n) is 3.26. The van der Waals surface area contributed by atoms with Gasteiger partial charge in [-0.25, -0.2) is 9.97 Å². The van der Waals surface area contributed by atoms with Crippen LogP contribution in [0.15, 0.2) is 30.6 Å². The predicted octanol–water partition coefficient (Wildman–Crippen LogP) is 1.90. The van der Waals surface area contributed by atoms with Crippen LogP contribution in [-0.2, 0) is 0 Å². The van der Waals surface area contributed by atoms with E-state index in [0.717, 1.165) is 18.7 Å². The average Bonchev–Trinajstić information content (AvgIpc) is 3.24. The number of nitrogens with zero attached hydrogens (tertiary/aromatic N) is 5. The molecular weight excluding hydrogens is 352 g/mol. The van der Waals surface area contributed by atoms with E-state index in [1.54, 1.807) is 0 Å². The Labute approximate surface area is 155 Å². The van der Waals surface area contributed by atoms with E-state index in [2.05, 4.69) is 36.5 Å². The van der Waals surface area contributed by atoms with Crippen LogP contribution < -0.4 is 16.0 Å². The summed E-state index contributed by atoms with van der Waals surface area (Å²) in [5.41, 5.74) is 7.96. The van der Waals surface area contributed by atoms with Gasteiger partial charge in [0.1, 0.15) is 18.2 Å². The Morgan fingerprint density at radius 3 is 3.12 bits per heavy atom. The molecule has 3 aromatic rings. The number of nitriles is 1. The second-order valence-electron chi connectivity index (χ2n) is 6.50. The number of H-pyrrole nitrogens is 1. The molecule has 1 aliphatic rings. The Bertz CT molecular complexity index is 994. The van der Waals surface area contributed by atoms with Crippen LogP contribution in [0.5, 0.6) is 0 Å². The lowest BCUT2D eigenvalue weighted by Crippen LogP contribution is -2.48. The van der Waals surface area contributed by atoms with Gasteiger partial charge in [0, 0.05) is 30.3 Å². The second kappa shape index (κ2) is 6.44. The molecule has 1 saturated heterocycles. The third-order valence-corrected chi connectivity index (χ3v) is 4.83.